The molecule has 0 spiro atoms. The highest BCUT2D eigenvalue weighted by Crippen LogP contribution is 2.38. The first kappa shape index (κ1) is 13.3. The molecule has 0 radical (unpaired) electrons. The number of rotatable bonds is 2. The molecule has 0 amide bonds. The van der Waals surface area contributed by atoms with E-state index in [0.29, 0.717) is 15.7 Å². The molecule has 0 unspecified atom stereocenters. The average Bonchev–Trinajstić information content (AvgIpc) is 2.94. The Hall–Kier alpha value is -1.37. The van der Waals surface area contributed by atoms with Gasteiger partial charge in [-0.1, -0.05) is 11.6 Å². The van der Waals surface area contributed by atoms with Crippen molar-refractivity contribution >= 4 is 38.4 Å². The smallest absolute Gasteiger partial charge is 0.139 e. The van der Waals surface area contributed by atoms with Gasteiger partial charge in [0, 0.05) is 35.8 Å². The fourth-order valence-electron chi connectivity index (χ4n) is 2.69. The molecule has 1 fully saturated rings. The summed E-state index contributed by atoms with van der Waals surface area (Å²) < 4.78 is 16.5. The number of aromatic nitrogens is 3. The molecule has 3 aromatic rings. The van der Waals surface area contributed by atoms with Crippen LogP contribution >= 0.6 is 27.5 Å². The molecule has 7 heteroatoms. The molecule has 2 N–H and O–H groups in total. The first-order valence-corrected chi connectivity index (χ1v) is 7.72. The van der Waals surface area contributed by atoms with Gasteiger partial charge in [-0.2, -0.15) is 5.10 Å². The minimum atomic E-state index is -0.265. The summed E-state index contributed by atoms with van der Waals surface area (Å²) in [4.78, 5) is 0. The number of hydrogen-bond acceptors (Lipinski definition) is 2. The van der Waals surface area contributed by atoms with Crippen LogP contribution in [0, 0.1) is 5.82 Å². The molecule has 0 bridgehead atoms. The maximum atomic E-state index is 13.9. The van der Waals surface area contributed by atoms with Crippen LogP contribution in [0.3, 0.4) is 0 Å². The van der Waals surface area contributed by atoms with Crippen LogP contribution in [-0.4, -0.2) is 27.9 Å². The van der Waals surface area contributed by atoms with Crippen molar-refractivity contribution in [3.63, 3.8) is 0 Å². The third-order valence-corrected chi connectivity index (χ3v) is 4.81. The Kier molecular flexibility index (Phi) is 3.06. The lowest BCUT2D eigenvalue weighted by Crippen LogP contribution is -2.43. The van der Waals surface area contributed by atoms with E-state index in [0.717, 1.165) is 35.1 Å². The molecule has 4 nitrogen and oxygen atoms in total. The fraction of sp³-hybridized carbons (Fsp3) is 0.214. The van der Waals surface area contributed by atoms with Crippen molar-refractivity contribution in [2.24, 2.45) is 0 Å². The lowest BCUT2D eigenvalue weighted by molar-refractivity contribution is 0.352. The molecule has 1 aliphatic rings. The highest BCUT2D eigenvalue weighted by atomic mass is 79.9. The summed E-state index contributed by atoms with van der Waals surface area (Å²) in [5.41, 5.74) is 2.65. The van der Waals surface area contributed by atoms with Gasteiger partial charge in [0.25, 0.3) is 0 Å². The van der Waals surface area contributed by atoms with Crippen LogP contribution in [0.15, 0.2) is 29.0 Å². The van der Waals surface area contributed by atoms with Crippen molar-refractivity contribution in [1.82, 2.24) is 20.1 Å². The first-order chi connectivity index (χ1) is 10.1. The van der Waals surface area contributed by atoms with Crippen LogP contribution in [0.1, 0.15) is 6.04 Å². The van der Waals surface area contributed by atoms with E-state index in [2.05, 4.69) is 36.0 Å². The zero-order valence-corrected chi connectivity index (χ0v) is 13.2. The molecule has 4 rings (SSSR count). The Labute approximate surface area is 133 Å². The highest BCUT2D eigenvalue weighted by Gasteiger charge is 2.24. The summed E-state index contributed by atoms with van der Waals surface area (Å²) in [6.45, 7) is 1.78. The maximum absolute atomic E-state index is 13.9. The standard InChI is InChI=1S/C14H11BrClFN4/c15-11-1-8-10(9-5-19-20-14(9)16)6-21(7-3-18-4-7)13(8)2-12(11)17/h1-2,5-7,18H,3-4H2,(H,19,20). The predicted octanol–water partition coefficient (Wildman–Crippen LogP) is 3.73. The molecule has 0 aliphatic carbocycles. The predicted molar refractivity (Wildman–Crippen MR) is 84.1 cm³/mol. The number of hydrogen-bond donors (Lipinski definition) is 2. The van der Waals surface area contributed by atoms with E-state index in [-0.39, 0.29) is 5.82 Å². The first-order valence-electron chi connectivity index (χ1n) is 6.54. The topological polar surface area (TPSA) is 45.6 Å². The molecule has 1 aromatic carbocycles. The second kappa shape index (κ2) is 4.83. The van der Waals surface area contributed by atoms with Gasteiger partial charge in [0.05, 0.1) is 22.2 Å². The lowest BCUT2D eigenvalue weighted by Gasteiger charge is -2.29. The third-order valence-electron chi connectivity index (χ3n) is 3.91. The van der Waals surface area contributed by atoms with Crippen LogP contribution in [0.4, 0.5) is 4.39 Å². The van der Waals surface area contributed by atoms with Gasteiger partial charge in [-0.05, 0) is 28.1 Å². The SMILES string of the molecule is Fc1cc2c(cc1Br)c(-c1cn[nH]c1Cl)cn2C1CNC1. The van der Waals surface area contributed by atoms with Crippen molar-refractivity contribution in [3.05, 3.63) is 40.0 Å². The zero-order valence-electron chi connectivity index (χ0n) is 10.8. The second-order valence-corrected chi connectivity index (χ2v) is 6.38. The van der Waals surface area contributed by atoms with Gasteiger partial charge in [-0.25, -0.2) is 4.39 Å². The van der Waals surface area contributed by atoms with Crippen molar-refractivity contribution < 1.29 is 4.39 Å². The Morgan fingerprint density at radius 2 is 2.14 bits per heavy atom. The molecule has 3 heterocycles. The van der Waals surface area contributed by atoms with E-state index in [1.165, 1.54) is 0 Å². The molecule has 1 saturated heterocycles. The summed E-state index contributed by atoms with van der Waals surface area (Å²) >= 11 is 9.41. The largest absolute Gasteiger partial charge is 0.341 e. The van der Waals surface area contributed by atoms with Crippen LogP contribution in [0.5, 0.6) is 0 Å². The van der Waals surface area contributed by atoms with Gasteiger partial charge in [0.15, 0.2) is 0 Å². The summed E-state index contributed by atoms with van der Waals surface area (Å²) in [5, 5.41) is 11.4. The monoisotopic (exact) mass is 368 g/mol. The summed E-state index contributed by atoms with van der Waals surface area (Å²) in [5.74, 6) is -0.265. The molecule has 0 atom stereocenters. The van der Waals surface area contributed by atoms with Crippen molar-refractivity contribution in [2.75, 3.05) is 13.1 Å². The summed E-state index contributed by atoms with van der Waals surface area (Å²) in [6, 6.07) is 3.70. The molecular formula is C14H11BrClFN4. The normalized spacial score (nSPS) is 15.6. The molecular weight excluding hydrogens is 359 g/mol. The number of nitrogens with one attached hydrogen (secondary N) is 2. The van der Waals surface area contributed by atoms with E-state index in [1.54, 1.807) is 18.3 Å². The van der Waals surface area contributed by atoms with Gasteiger partial charge in [-0.15, -0.1) is 0 Å². The minimum absolute atomic E-state index is 0.265. The van der Waals surface area contributed by atoms with E-state index in [9.17, 15) is 4.39 Å². The summed E-state index contributed by atoms with van der Waals surface area (Å²) in [7, 11) is 0. The number of benzene rings is 1. The van der Waals surface area contributed by atoms with Crippen LogP contribution in [0.25, 0.3) is 22.0 Å². The van der Waals surface area contributed by atoms with E-state index in [4.69, 9.17) is 11.6 Å². The maximum Gasteiger partial charge on any atom is 0.139 e. The highest BCUT2D eigenvalue weighted by molar-refractivity contribution is 9.10. The van der Waals surface area contributed by atoms with E-state index < -0.39 is 0 Å². The zero-order chi connectivity index (χ0) is 14.6. The summed E-state index contributed by atoms with van der Waals surface area (Å²) in [6.07, 6.45) is 3.72. The fourth-order valence-corrected chi connectivity index (χ4v) is 3.23. The molecule has 21 heavy (non-hydrogen) atoms. The molecule has 108 valence electrons. The minimum Gasteiger partial charge on any atom is -0.341 e. The lowest BCUT2D eigenvalue weighted by atomic mass is 10.1. The van der Waals surface area contributed by atoms with Crippen molar-refractivity contribution in [3.8, 4) is 11.1 Å². The van der Waals surface area contributed by atoms with Crippen molar-refractivity contribution in [2.45, 2.75) is 6.04 Å². The van der Waals surface area contributed by atoms with Gasteiger partial charge < -0.3 is 9.88 Å². The average molecular weight is 370 g/mol. The molecule has 2 aromatic heterocycles. The number of halogens is 3. The number of fused-ring (bicyclic) bond motifs is 1. The van der Waals surface area contributed by atoms with Crippen LogP contribution in [-0.2, 0) is 0 Å². The Morgan fingerprint density at radius 3 is 2.76 bits per heavy atom. The van der Waals surface area contributed by atoms with Gasteiger partial charge in [0.1, 0.15) is 11.0 Å². The van der Waals surface area contributed by atoms with E-state index in [1.807, 2.05) is 6.20 Å². The van der Waals surface area contributed by atoms with E-state index >= 15 is 0 Å². The number of nitrogens with zero attached hydrogens (tertiary/aromatic N) is 2. The number of aromatic amines is 1. The van der Waals surface area contributed by atoms with Crippen LogP contribution < -0.4 is 5.32 Å². The number of H-pyrrole nitrogens is 1. The Morgan fingerprint density at radius 1 is 1.33 bits per heavy atom. The Balaban J connectivity index is 2.02. The van der Waals surface area contributed by atoms with Gasteiger partial charge in [-0.3, -0.25) is 5.10 Å². The van der Waals surface area contributed by atoms with Gasteiger partial charge >= 0.3 is 0 Å². The third kappa shape index (κ3) is 2.01. The van der Waals surface area contributed by atoms with Gasteiger partial charge in [0.2, 0.25) is 0 Å². The quantitative estimate of drug-likeness (QED) is 0.723. The molecule has 1 aliphatic heterocycles. The Bertz CT molecular complexity index is 837. The molecule has 0 saturated carbocycles. The second-order valence-electron chi connectivity index (χ2n) is 5.14. The van der Waals surface area contributed by atoms with Crippen molar-refractivity contribution in [1.29, 1.82) is 0 Å². The van der Waals surface area contributed by atoms with Crippen LogP contribution in [0.2, 0.25) is 5.15 Å².